The Bertz CT molecular complexity index is 460. The molecule has 1 aromatic rings. The van der Waals surface area contributed by atoms with E-state index in [4.69, 9.17) is 11.6 Å². The van der Waals surface area contributed by atoms with Crippen molar-refractivity contribution in [3.8, 4) is 0 Å². The second-order valence-electron chi connectivity index (χ2n) is 6.03. The molecule has 1 saturated heterocycles. The van der Waals surface area contributed by atoms with Crippen molar-refractivity contribution in [2.45, 2.75) is 50.6 Å². The standard InChI is InChI=1S/C16H22BrClN2/c17-11-7-8-16(13(18)10-11)20-15-5-2-1-4-12(15)14-6-3-9-19-14/h7-8,10,12,14-15,19-20H,1-6,9H2. The summed E-state index contributed by atoms with van der Waals surface area (Å²) in [5.74, 6) is 0.742. The van der Waals surface area contributed by atoms with Crippen LogP contribution in [0.5, 0.6) is 0 Å². The molecule has 4 heteroatoms. The summed E-state index contributed by atoms with van der Waals surface area (Å²) in [7, 11) is 0. The van der Waals surface area contributed by atoms with Gasteiger partial charge in [-0.3, -0.25) is 0 Å². The molecule has 2 aliphatic rings. The maximum atomic E-state index is 6.35. The highest BCUT2D eigenvalue weighted by Crippen LogP contribution is 2.34. The van der Waals surface area contributed by atoms with E-state index in [0.717, 1.165) is 21.1 Å². The molecule has 0 aromatic heterocycles. The van der Waals surface area contributed by atoms with E-state index in [0.29, 0.717) is 12.1 Å². The highest BCUT2D eigenvalue weighted by Gasteiger charge is 2.33. The van der Waals surface area contributed by atoms with Crippen LogP contribution in [0.2, 0.25) is 5.02 Å². The number of hydrogen-bond acceptors (Lipinski definition) is 2. The number of benzene rings is 1. The Morgan fingerprint density at radius 1 is 1.15 bits per heavy atom. The molecular weight excluding hydrogens is 336 g/mol. The Morgan fingerprint density at radius 2 is 2.00 bits per heavy atom. The summed E-state index contributed by atoms with van der Waals surface area (Å²) in [6.07, 6.45) is 7.95. The number of halogens is 2. The molecule has 3 rings (SSSR count). The van der Waals surface area contributed by atoms with E-state index in [2.05, 4.69) is 38.7 Å². The number of hydrogen-bond donors (Lipinski definition) is 2. The SMILES string of the molecule is Clc1cc(Br)ccc1NC1CCCCC1C1CCCN1. The summed E-state index contributed by atoms with van der Waals surface area (Å²) in [5, 5.41) is 8.20. The first kappa shape index (κ1) is 14.7. The minimum Gasteiger partial charge on any atom is -0.381 e. The van der Waals surface area contributed by atoms with Gasteiger partial charge in [0.05, 0.1) is 10.7 Å². The van der Waals surface area contributed by atoms with Crippen molar-refractivity contribution in [3.63, 3.8) is 0 Å². The lowest BCUT2D eigenvalue weighted by Gasteiger charge is -2.37. The quantitative estimate of drug-likeness (QED) is 0.810. The zero-order valence-electron chi connectivity index (χ0n) is 11.7. The summed E-state index contributed by atoms with van der Waals surface area (Å²) in [6, 6.07) is 7.36. The van der Waals surface area contributed by atoms with E-state index in [1.807, 2.05) is 6.07 Å². The van der Waals surface area contributed by atoms with Gasteiger partial charge < -0.3 is 10.6 Å². The highest BCUT2D eigenvalue weighted by molar-refractivity contribution is 9.10. The molecule has 0 bridgehead atoms. The van der Waals surface area contributed by atoms with Gasteiger partial charge in [-0.15, -0.1) is 0 Å². The van der Waals surface area contributed by atoms with Crippen LogP contribution in [0.4, 0.5) is 5.69 Å². The molecule has 0 spiro atoms. The van der Waals surface area contributed by atoms with Gasteiger partial charge in [0, 0.05) is 16.6 Å². The van der Waals surface area contributed by atoms with Crippen molar-refractivity contribution in [2.75, 3.05) is 11.9 Å². The molecule has 1 aromatic carbocycles. The topological polar surface area (TPSA) is 24.1 Å². The molecular formula is C16H22BrClN2. The molecule has 2 nitrogen and oxygen atoms in total. The van der Waals surface area contributed by atoms with Crippen molar-refractivity contribution in [2.24, 2.45) is 5.92 Å². The van der Waals surface area contributed by atoms with Gasteiger partial charge in [-0.1, -0.05) is 40.4 Å². The van der Waals surface area contributed by atoms with Crippen LogP contribution >= 0.6 is 27.5 Å². The van der Waals surface area contributed by atoms with Gasteiger partial charge in [0.25, 0.3) is 0 Å². The molecule has 2 N–H and O–H groups in total. The van der Waals surface area contributed by atoms with Gasteiger partial charge in [0.15, 0.2) is 0 Å². The first-order valence-corrected chi connectivity index (χ1v) is 8.86. The van der Waals surface area contributed by atoms with Crippen LogP contribution in [0.25, 0.3) is 0 Å². The van der Waals surface area contributed by atoms with Crippen LogP contribution < -0.4 is 10.6 Å². The lowest BCUT2D eigenvalue weighted by atomic mass is 9.79. The minimum absolute atomic E-state index is 0.554. The maximum absolute atomic E-state index is 6.35. The maximum Gasteiger partial charge on any atom is 0.0648 e. The Kier molecular flexibility index (Phi) is 4.90. The van der Waals surface area contributed by atoms with Gasteiger partial charge in [-0.05, 0) is 56.3 Å². The fourth-order valence-electron chi connectivity index (χ4n) is 3.70. The summed E-state index contributed by atoms with van der Waals surface area (Å²) >= 11 is 9.81. The number of nitrogens with one attached hydrogen (secondary N) is 2. The lowest BCUT2D eigenvalue weighted by Crippen LogP contribution is -2.43. The summed E-state index contributed by atoms with van der Waals surface area (Å²) in [6.45, 7) is 1.19. The van der Waals surface area contributed by atoms with Gasteiger partial charge in [0.2, 0.25) is 0 Å². The highest BCUT2D eigenvalue weighted by atomic mass is 79.9. The van der Waals surface area contributed by atoms with Gasteiger partial charge in [-0.2, -0.15) is 0 Å². The summed E-state index contributed by atoms with van der Waals surface area (Å²) < 4.78 is 1.03. The Labute approximate surface area is 134 Å². The largest absolute Gasteiger partial charge is 0.381 e. The van der Waals surface area contributed by atoms with Crippen molar-refractivity contribution >= 4 is 33.2 Å². The third-order valence-electron chi connectivity index (χ3n) is 4.71. The third-order valence-corrected chi connectivity index (χ3v) is 5.51. The predicted octanol–water partition coefficient (Wildman–Crippen LogP) is 4.83. The molecule has 3 unspecified atom stereocenters. The fourth-order valence-corrected chi connectivity index (χ4v) is 4.43. The molecule has 1 aliphatic heterocycles. The average molecular weight is 358 g/mol. The molecule has 1 saturated carbocycles. The summed E-state index contributed by atoms with van der Waals surface area (Å²) in [4.78, 5) is 0. The molecule has 0 amide bonds. The van der Waals surface area contributed by atoms with Crippen molar-refractivity contribution in [1.29, 1.82) is 0 Å². The van der Waals surface area contributed by atoms with Gasteiger partial charge in [-0.25, -0.2) is 0 Å². The molecule has 2 fully saturated rings. The smallest absolute Gasteiger partial charge is 0.0648 e. The average Bonchev–Trinajstić information content (AvgIpc) is 2.96. The normalized spacial score (nSPS) is 30.4. The summed E-state index contributed by atoms with van der Waals surface area (Å²) in [5.41, 5.74) is 1.07. The van der Waals surface area contributed by atoms with Crippen molar-refractivity contribution < 1.29 is 0 Å². The van der Waals surface area contributed by atoms with E-state index in [1.54, 1.807) is 0 Å². The second kappa shape index (κ2) is 6.67. The fraction of sp³-hybridized carbons (Fsp3) is 0.625. The van der Waals surface area contributed by atoms with Crippen LogP contribution in [-0.2, 0) is 0 Å². The van der Waals surface area contributed by atoms with E-state index in [9.17, 15) is 0 Å². The Hall–Kier alpha value is -0.250. The number of anilines is 1. The first-order chi connectivity index (χ1) is 9.74. The Morgan fingerprint density at radius 3 is 2.75 bits per heavy atom. The molecule has 20 heavy (non-hydrogen) atoms. The second-order valence-corrected chi connectivity index (χ2v) is 7.35. The van der Waals surface area contributed by atoms with Crippen LogP contribution in [0.3, 0.4) is 0 Å². The third kappa shape index (κ3) is 3.32. The zero-order valence-corrected chi connectivity index (χ0v) is 14.0. The van der Waals surface area contributed by atoms with Crippen molar-refractivity contribution in [1.82, 2.24) is 5.32 Å². The van der Waals surface area contributed by atoms with E-state index in [-0.39, 0.29) is 0 Å². The van der Waals surface area contributed by atoms with Crippen LogP contribution in [0, 0.1) is 5.92 Å². The van der Waals surface area contributed by atoms with E-state index in [1.165, 1.54) is 45.1 Å². The number of rotatable bonds is 3. The molecule has 3 atom stereocenters. The molecule has 0 radical (unpaired) electrons. The van der Waals surface area contributed by atoms with Crippen molar-refractivity contribution in [3.05, 3.63) is 27.7 Å². The Balaban J connectivity index is 1.72. The van der Waals surface area contributed by atoms with Crippen LogP contribution in [-0.4, -0.2) is 18.6 Å². The predicted molar refractivity (Wildman–Crippen MR) is 89.5 cm³/mol. The van der Waals surface area contributed by atoms with Crippen LogP contribution in [0.15, 0.2) is 22.7 Å². The minimum atomic E-state index is 0.554. The first-order valence-electron chi connectivity index (χ1n) is 7.69. The van der Waals surface area contributed by atoms with Gasteiger partial charge >= 0.3 is 0 Å². The van der Waals surface area contributed by atoms with E-state index >= 15 is 0 Å². The lowest BCUT2D eigenvalue weighted by molar-refractivity contribution is 0.263. The van der Waals surface area contributed by atoms with Gasteiger partial charge in [0.1, 0.15) is 0 Å². The molecule has 1 aliphatic carbocycles. The monoisotopic (exact) mass is 356 g/mol. The molecule has 1 heterocycles. The molecule has 110 valence electrons. The zero-order chi connectivity index (χ0) is 13.9. The van der Waals surface area contributed by atoms with E-state index < -0.39 is 0 Å². The van der Waals surface area contributed by atoms with Crippen LogP contribution in [0.1, 0.15) is 38.5 Å².